The minimum atomic E-state index is -2.41. The SMILES string of the molecule is CCn1nc(C(F)F)c2c1CC1CC21. The maximum Gasteiger partial charge on any atom is 0.282 e. The fraction of sp³-hybridized carbons (Fsp3) is 0.700. The molecule has 2 unspecified atom stereocenters. The topological polar surface area (TPSA) is 17.8 Å². The molecule has 76 valence electrons. The quantitative estimate of drug-likeness (QED) is 0.713. The van der Waals surface area contributed by atoms with Crippen LogP contribution in [0, 0.1) is 5.92 Å². The number of rotatable bonds is 2. The number of aryl methyl sites for hydroxylation is 1. The van der Waals surface area contributed by atoms with Gasteiger partial charge in [0.05, 0.1) is 0 Å². The molecule has 4 heteroatoms. The highest BCUT2D eigenvalue weighted by molar-refractivity contribution is 5.42. The summed E-state index contributed by atoms with van der Waals surface area (Å²) in [5.41, 5.74) is 2.00. The Kier molecular flexibility index (Phi) is 1.53. The summed E-state index contributed by atoms with van der Waals surface area (Å²) in [7, 11) is 0. The highest BCUT2D eigenvalue weighted by Crippen LogP contribution is 2.58. The molecule has 0 spiro atoms. The molecule has 2 aliphatic carbocycles. The monoisotopic (exact) mass is 198 g/mol. The van der Waals surface area contributed by atoms with Gasteiger partial charge in [-0.15, -0.1) is 0 Å². The van der Waals surface area contributed by atoms with Gasteiger partial charge in [-0.05, 0) is 31.6 Å². The highest BCUT2D eigenvalue weighted by Gasteiger charge is 2.49. The first kappa shape index (κ1) is 8.38. The maximum atomic E-state index is 12.7. The van der Waals surface area contributed by atoms with E-state index in [1.165, 1.54) is 0 Å². The smallest absolute Gasteiger partial charge is 0.269 e. The summed E-state index contributed by atoms with van der Waals surface area (Å²) in [4.78, 5) is 0. The van der Waals surface area contributed by atoms with Gasteiger partial charge in [-0.3, -0.25) is 4.68 Å². The van der Waals surface area contributed by atoms with Crippen molar-refractivity contribution >= 4 is 0 Å². The van der Waals surface area contributed by atoms with Crippen molar-refractivity contribution in [3.05, 3.63) is 17.0 Å². The number of hydrogen-bond acceptors (Lipinski definition) is 1. The molecule has 1 aromatic heterocycles. The normalized spacial score (nSPS) is 28.0. The molecule has 0 radical (unpaired) electrons. The molecule has 0 saturated heterocycles. The molecule has 0 bridgehead atoms. The van der Waals surface area contributed by atoms with Gasteiger partial charge in [-0.2, -0.15) is 5.10 Å². The minimum Gasteiger partial charge on any atom is -0.269 e. The average Bonchev–Trinajstić information content (AvgIpc) is 2.68. The van der Waals surface area contributed by atoms with Crippen LogP contribution in [0.3, 0.4) is 0 Å². The fourth-order valence-electron chi connectivity index (χ4n) is 2.65. The number of halogens is 2. The summed E-state index contributed by atoms with van der Waals surface area (Å²) in [5.74, 6) is 1.06. The number of aromatic nitrogens is 2. The minimum absolute atomic E-state index is 0.0480. The fourth-order valence-corrected chi connectivity index (χ4v) is 2.65. The predicted octanol–water partition coefficient (Wildman–Crippen LogP) is 2.50. The van der Waals surface area contributed by atoms with Gasteiger partial charge in [-0.1, -0.05) is 0 Å². The summed E-state index contributed by atoms with van der Waals surface area (Å²) >= 11 is 0. The van der Waals surface area contributed by atoms with Gasteiger partial charge in [0.15, 0.2) is 0 Å². The van der Waals surface area contributed by atoms with Gasteiger partial charge in [0.1, 0.15) is 5.69 Å². The number of nitrogens with zero attached hydrogens (tertiary/aromatic N) is 2. The molecule has 0 N–H and O–H groups in total. The molecular weight excluding hydrogens is 186 g/mol. The maximum absolute atomic E-state index is 12.7. The zero-order chi connectivity index (χ0) is 9.87. The molecule has 1 aromatic rings. The van der Waals surface area contributed by atoms with Gasteiger partial charge >= 0.3 is 0 Å². The second kappa shape index (κ2) is 2.55. The van der Waals surface area contributed by atoms with E-state index in [1.807, 2.05) is 6.92 Å². The van der Waals surface area contributed by atoms with Crippen LogP contribution in [-0.2, 0) is 13.0 Å². The van der Waals surface area contributed by atoms with Crippen molar-refractivity contribution in [2.75, 3.05) is 0 Å². The van der Waals surface area contributed by atoms with E-state index in [1.54, 1.807) is 4.68 Å². The molecule has 14 heavy (non-hydrogen) atoms. The third kappa shape index (κ3) is 0.913. The van der Waals surface area contributed by atoms with Crippen LogP contribution >= 0.6 is 0 Å². The molecule has 0 amide bonds. The summed E-state index contributed by atoms with van der Waals surface area (Å²) in [5, 5.41) is 3.99. The Labute approximate surface area is 80.9 Å². The number of alkyl halides is 2. The van der Waals surface area contributed by atoms with E-state index in [0.717, 1.165) is 24.1 Å². The van der Waals surface area contributed by atoms with Crippen molar-refractivity contribution in [1.82, 2.24) is 9.78 Å². The van der Waals surface area contributed by atoms with Crippen molar-refractivity contribution in [2.24, 2.45) is 5.92 Å². The second-order valence-corrected chi connectivity index (χ2v) is 4.17. The summed E-state index contributed by atoms with van der Waals surface area (Å²) in [6, 6.07) is 0. The first-order valence-corrected chi connectivity index (χ1v) is 5.10. The number of fused-ring (bicyclic) bond motifs is 3. The van der Waals surface area contributed by atoms with E-state index in [-0.39, 0.29) is 5.69 Å². The Balaban J connectivity index is 2.13. The van der Waals surface area contributed by atoms with Gasteiger partial charge in [-0.25, -0.2) is 8.78 Å². The van der Waals surface area contributed by atoms with Crippen molar-refractivity contribution < 1.29 is 8.78 Å². The van der Waals surface area contributed by atoms with Crippen LogP contribution in [-0.4, -0.2) is 9.78 Å². The zero-order valence-corrected chi connectivity index (χ0v) is 8.00. The van der Waals surface area contributed by atoms with Gasteiger partial charge < -0.3 is 0 Å². The average molecular weight is 198 g/mol. The van der Waals surface area contributed by atoms with Crippen LogP contribution in [0.4, 0.5) is 8.78 Å². The lowest BCUT2D eigenvalue weighted by Crippen LogP contribution is -2.02. The lowest BCUT2D eigenvalue weighted by Gasteiger charge is -2.00. The third-order valence-corrected chi connectivity index (χ3v) is 3.38. The largest absolute Gasteiger partial charge is 0.282 e. The molecular formula is C10H12F2N2. The summed E-state index contributed by atoms with van der Waals surface area (Å²) < 4.78 is 27.1. The molecule has 0 aromatic carbocycles. The van der Waals surface area contributed by atoms with Gasteiger partial charge in [0, 0.05) is 17.8 Å². The molecule has 0 aliphatic heterocycles. The molecule has 1 fully saturated rings. The van der Waals surface area contributed by atoms with Crippen LogP contribution in [0.15, 0.2) is 0 Å². The van der Waals surface area contributed by atoms with Crippen LogP contribution in [0.25, 0.3) is 0 Å². The Hall–Kier alpha value is -0.930. The van der Waals surface area contributed by atoms with E-state index < -0.39 is 6.43 Å². The second-order valence-electron chi connectivity index (χ2n) is 4.17. The van der Waals surface area contributed by atoms with Crippen molar-refractivity contribution in [2.45, 2.75) is 38.7 Å². The van der Waals surface area contributed by atoms with Crippen LogP contribution < -0.4 is 0 Å². The first-order chi connectivity index (χ1) is 6.72. The molecule has 1 heterocycles. The first-order valence-electron chi connectivity index (χ1n) is 5.10. The Morgan fingerprint density at radius 3 is 3.00 bits per heavy atom. The van der Waals surface area contributed by atoms with Gasteiger partial charge in [0.2, 0.25) is 0 Å². The van der Waals surface area contributed by atoms with E-state index >= 15 is 0 Å². The van der Waals surface area contributed by atoms with E-state index in [4.69, 9.17) is 0 Å². The Bertz CT molecular complexity index is 384. The standard InChI is InChI=1S/C10H12F2N2/c1-2-14-7-4-5-3-6(5)8(7)9(13-14)10(11)12/h5-6,10H,2-4H2,1H3. The zero-order valence-electron chi connectivity index (χ0n) is 8.00. The van der Waals surface area contributed by atoms with Crippen LogP contribution in [0.1, 0.15) is 42.6 Å². The molecule has 3 rings (SSSR count). The Morgan fingerprint density at radius 2 is 2.36 bits per heavy atom. The highest BCUT2D eigenvalue weighted by atomic mass is 19.3. The molecule has 2 nitrogen and oxygen atoms in total. The van der Waals surface area contributed by atoms with E-state index in [0.29, 0.717) is 18.4 Å². The van der Waals surface area contributed by atoms with Gasteiger partial charge in [0.25, 0.3) is 6.43 Å². The summed E-state index contributed by atoms with van der Waals surface area (Å²) in [6.45, 7) is 2.65. The van der Waals surface area contributed by atoms with Crippen molar-refractivity contribution in [3.63, 3.8) is 0 Å². The molecule has 1 saturated carbocycles. The third-order valence-electron chi connectivity index (χ3n) is 3.38. The predicted molar refractivity (Wildman–Crippen MR) is 47.4 cm³/mol. The summed E-state index contributed by atoms with van der Waals surface area (Å²) in [6.07, 6.45) is -0.341. The van der Waals surface area contributed by atoms with Crippen LogP contribution in [0.5, 0.6) is 0 Å². The van der Waals surface area contributed by atoms with Crippen molar-refractivity contribution in [3.8, 4) is 0 Å². The molecule has 2 atom stereocenters. The molecule has 2 aliphatic rings. The van der Waals surface area contributed by atoms with Crippen molar-refractivity contribution in [1.29, 1.82) is 0 Å². The van der Waals surface area contributed by atoms with E-state index in [2.05, 4.69) is 5.10 Å². The lowest BCUT2D eigenvalue weighted by molar-refractivity contribution is 0.144. The van der Waals surface area contributed by atoms with Crippen LogP contribution in [0.2, 0.25) is 0 Å². The Morgan fingerprint density at radius 1 is 1.57 bits per heavy atom. The number of hydrogen-bond donors (Lipinski definition) is 0. The van der Waals surface area contributed by atoms with E-state index in [9.17, 15) is 8.78 Å². The lowest BCUT2D eigenvalue weighted by atomic mass is 10.1.